The van der Waals surface area contributed by atoms with E-state index >= 15 is 0 Å². The lowest BCUT2D eigenvalue weighted by molar-refractivity contribution is -0.0296. The highest BCUT2D eigenvalue weighted by atomic mass is 79.9. The lowest BCUT2D eigenvalue weighted by Crippen LogP contribution is -2.18. The second kappa shape index (κ2) is 3.98. The quantitative estimate of drug-likeness (QED) is 0.851. The number of aliphatic hydroxyl groups excluding tert-OH is 1. The molecule has 0 radical (unpaired) electrons. The van der Waals surface area contributed by atoms with Gasteiger partial charge in [-0.3, -0.25) is 4.98 Å². The van der Waals surface area contributed by atoms with Gasteiger partial charge >= 0.3 is 4.83 Å². The summed E-state index contributed by atoms with van der Waals surface area (Å²) in [6.07, 6.45) is 0.741. The largest absolute Gasteiger partial charge is 0.381 e. The summed E-state index contributed by atoms with van der Waals surface area (Å²) in [6.45, 7) is 0. The minimum atomic E-state index is -3.34. The lowest BCUT2D eigenvalue weighted by atomic mass is 10.2. The summed E-state index contributed by atoms with van der Waals surface area (Å²) in [4.78, 5) is 0.320. The molecular formula is C7H5Br2F2NO. The first-order chi connectivity index (χ1) is 5.91. The highest BCUT2D eigenvalue weighted by Crippen LogP contribution is 2.36. The molecule has 0 spiro atoms. The smallest absolute Gasteiger partial charge is 0.330 e. The highest BCUT2D eigenvalue weighted by molar-refractivity contribution is 9.10. The fraction of sp³-hybridized carbons (Fsp3) is 0.286. The first-order valence-corrected chi connectivity index (χ1v) is 4.85. The third kappa shape index (κ3) is 2.96. The van der Waals surface area contributed by atoms with Gasteiger partial charge in [-0.05, 0) is 37.9 Å². The third-order valence-corrected chi connectivity index (χ3v) is 2.22. The Hall–Kier alpha value is -0.0700. The Morgan fingerprint density at radius 1 is 1.46 bits per heavy atom. The van der Waals surface area contributed by atoms with Gasteiger partial charge in [-0.15, -0.1) is 0 Å². The van der Waals surface area contributed by atoms with Crippen molar-refractivity contribution < 1.29 is 13.9 Å². The number of aromatic nitrogens is 1. The van der Waals surface area contributed by atoms with Gasteiger partial charge in [-0.25, -0.2) is 0 Å². The van der Waals surface area contributed by atoms with Crippen molar-refractivity contribution in [1.82, 2.24) is 4.98 Å². The molecule has 0 bridgehead atoms. The van der Waals surface area contributed by atoms with E-state index in [4.69, 9.17) is 5.11 Å². The molecule has 72 valence electrons. The zero-order chi connectivity index (χ0) is 10.1. The molecular weight excluding hydrogens is 312 g/mol. The number of hydrogen-bond acceptors (Lipinski definition) is 2. The minimum Gasteiger partial charge on any atom is -0.381 e. The van der Waals surface area contributed by atoms with Crippen LogP contribution in [0.5, 0.6) is 0 Å². The average Bonchev–Trinajstić information content (AvgIpc) is 2.01. The molecule has 1 aromatic heterocycles. The molecule has 0 aliphatic rings. The normalized spacial score (nSPS) is 14.2. The molecule has 0 saturated carbocycles. The minimum absolute atomic E-state index is 0.0521. The second-order valence-electron chi connectivity index (χ2n) is 2.38. The molecule has 0 aromatic carbocycles. The Labute approximate surface area is 90.2 Å². The van der Waals surface area contributed by atoms with Crippen LogP contribution in [0.2, 0.25) is 0 Å². The topological polar surface area (TPSA) is 33.1 Å². The molecule has 1 heterocycles. The van der Waals surface area contributed by atoms with Gasteiger partial charge in [-0.2, -0.15) is 8.78 Å². The number of halogens is 4. The molecule has 6 heteroatoms. The first-order valence-electron chi connectivity index (χ1n) is 3.26. The number of aliphatic hydroxyl groups is 1. The van der Waals surface area contributed by atoms with Crippen LogP contribution in [0.4, 0.5) is 8.78 Å². The number of nitrogens with zero attached hydrogens (tertiary/aromatic N) is 1. The van der Waals surface area contributed by atoms with E-state index in [-0.39, 0.29) is 5.56 Å². The molecule has 0 fully saturated rings. The standard InChI is InChI=1S/C7H5Br2F2NO/c8-5-1-4(2-12-3-5)6(13)7(9,10)11/h1-3,6,13H. The van der Waals surface area contributed by atoms with Crippen LogP contribution in [0.25, 0.3) is 0 Å². The van der Waals surface area contributed by atoms with Crippen molar-refractivity contribution in [3.05, 3.63) is 28.5 Å². The maximum atomic E-state index is 12.6. The highest BCUT2D eigenvalue weighted by Gasteiger charge is 2.36. The van der Waals surface area contributed by atoms with Gasteiger partial charge in [0.2, 0.25) is 0 Å². The van der Waals surface area contributed by atoms with Crippen LogP contribution < -0.4 is 0 Å². The van der Waals surface area contributed by atoms with Gasteiger partial charge in [-0.1, -0.05) is 0 Å². The fourth-order valence-corrected chi connectivity index (χ4v) is 1.41. The van der Waals surface area contributed by atoms with Gasteiger partial charge in [0.05, 0.1) is 0 Å². The van der Waals surface area contributed by atoms with E-state index in [1.807, 2.05) is 0 Å². The predicted molar refractivity (Wildman–Crippen MR) is 50.8 cm³/mol. The first kappa shape index (κ1) is 11.0. The van der Waals surface area contributed by atoms with Crippen molar-refractivity contribution >= 4 is 31.9 Å². The van der Waals surface area contributed by atoms with Crippen LogP contribution in [0.15, 0.2) is 22.9 Å². The predicted octanol–water partition coefficient (Wildman–Crippen LogP) is 2.87. The molecule has 0 saturated heterocycles. The van der Waals surface area contributed by atoms with Crippen molar-refractivity contribution in [1.29, 1.82) is 0 Å². The molecule has 1 aromatic rings. The van der Waals surface area contributed by atoms with E-state index in [1.165, 1.54) is 18.5 Å². The van der Waals surface area contributed by atoms with Crippen molar-refractivity contribution in [3.63, 3.8) is 0 Å². The van der Waals surface area contributed by atoms with E-state index < -0.39 is 10.9 Å². The van der Waals surface area contributed by atoms with Gasteiger partial charge in [0, 0.05) is 22.4 Å². The van der Waals surface area contributed by atoms with Crippen LogP contribution in [0.3, 0.4) is 0 Å². The van der Waals surface area contributed by atoms with E-state index in [0.717, 1.165) is 0 Å². The molecule has 2 nitrogen and oxygen atoms in total. The summed E-state index contributed by atoms with van der Waals surface area (Å²) in [5.74, 6) is 0. The monoisotopic (exact) mass is 315 g/mol. The van der Waals surface area contributed by atoms with Crippen LogP contribution >= 0.6 is 31.9 Å². The Kier molecular flexibility index (Phi) is 3.37. The Morgan fingerprint density at radius 3 is 2.54 bits per heavy atom. The van der Waals surface area contributed by atoms with Gasteiger partial charge < -0.3 is 5.11 Å². The summed E-state index contributed by atoms with van der Waals surface area (Å²) < 4.78 is 25.7. The molecule has 0 amide bonds. The summed E-state index contributed by atoms with van der Waals surface area (Å²) in [7, 11) is 0. The van der Waals surface area contributed by atoms with Crippen molar-refractivity contribution in [2.24, 2.45) is 0 Å². The molecule has 1 atom stereocenters. The van der Waals surface area contributed by atoms with Crippen LogP contribution in [-0.4, -0.2) is 14.9 Å². The van der Waals surface area contributed by atoms with Crippen LogP contribution in [0, 0.1) is 0 Å². The molecule has 1 N–H and O–H groups in total. The van der Waals surface area contributed by atoms with Gasteiger partial charge in [0.15, 0.2) is 6.10 Å². The second-order valence-corrected chi connectivity index (χ2v) is 4.35. The third-order valence-electron chi connectivity index (χ3n) is 1.35. The molecule has 1 unspecified atom stereocenters. The molecule has 1 rings (SSSR count). The van der Waals surface area contributed by atoms with E-state index in [1.54, 1.807) is 0 Å². The summed E-state index contributed by atoms with van der Waals surface area (Å²) in [5.41, 5.74) is 0.0521. The fourth-order valence-electron chi connectivity index (χ4n) is 0.767. The Bertz CT molecular complexity index is 303. The Balaban J connectivity index is 2.96. The number of pyridine rings is 1. The van der Waals surface area contributed by atoms with E-state index in [2.05, 4.69) is 36.8 Å². The maximum Gasteiger partial charge on any atom is 0.330 e. The maximum absolute atomic E-state index is 12.6. The van der Waals surface area contributed by atoms with Crippen molar-refractivity contribution in [3.8, 4) is 0 Å². The Morgan fingerprint density at radius 2 is 2.08 bits per heavy atom. The summed E-state index contributed by atoms with van der Waals surface area (Å²) in [6, 6.07) is 1.38. The van der Waals surface area contributed by atoms with E-state index in [0.29, 0.717) is 4.47 Å². The lowest BCUT2D eigenvalue weighted by Gasteiger charge is -2.16. The summed E-state index contributed by atoms with van der Waals surface area (Å²) >= 11 is 5.14. The zero-order valence-corrected chi connectivity index (χ0v) is 9.39. The average molecular weight is 317 g/mol. The van der Waals surface area contributed by atoms with Gasteiger partial charge in [0.25, 0.3) is 0 Å². The van der Waals surface area contributed by atoms with E-state index in [9.17, 15) is 8.78 Å². The van der Waals surface area contributed by atoms with Crippen LogP contribution in [0.1, 0.15) is 11.7 Å². The number of alkyl halides is 3. The zero-order valence-electron chi connectivity index (χ0n) is 6.22. The van der Waals surface area contributed by atoms with Gasteiger partial charge in [0.1, 0.15) is 0 Å². The number of hydrogen-bond donors (Lipinski definition) is 1. The summed E-state index contributed by atoms with van der Waals surface area (Å²) in [5, 5.41) is 9.12. The van der Waals surface area contributed by atoms with Crippen molar-refractivity contribution in [2.45, 2.75) is 10.9 Å². The molecule has 0 aliphatic heterocycles. The van der Waals surface area contributed by atoms with Crippen LogP contribution in [-0.2, 0) is 0 Å². The SMILES string of the molecule is OC(c1cncc(Br)c1)C(F)(F)Br. The molecule has 0 aliphatic carbocycles. The van der Waals surface area contributed by atoms with Crippen molar-refractivity contribution in [2.75, 3.05) is 0 Å². The number of rotatable bonds is 2. The molecule has 13 heavy (non-hydrogen) atoms.